The zero-order chi connectivity index (χ0) is 14.9. The van der Waals surface area contributed by atoms with E-state index in [0.717, 1.165) is 33.9 Å². The molecular weight excluding hydrogens is 294 g/mol. The third-order valence-corrected chi connectivity index (χ3v) is 4.90. The van der Waals surface area contributed by atoms with Crippen LogP contribution in [0.4, 0.5) is 10.5 Å². The lowest BCUT2D eigenvalue weighted by Crippen LogP contribution is -2.38. The van der Waals surface area contributed by atoms with Gasteiger partial charge in [-0.25, -0.2) is 9.78 Å². The fourth-order valence-electron chi connectivity index (χ4n) is 2.79. The molecule has 5 heteroatoms. The van der Waals surface area contributed by atoms with Crippen LogP contribution in [0.25, 0.3) is 10.2 Å². The molecule has 0 atom stereocenters. The SMILES string of the molecule is O=C(NCc1nc2ccccc2s1)N1CCc2ccccc21. The van der Waals surface area contributed by atoms with Gasteiger partial charge in [-0.2, -0.15) is 0 Å². The predicted molar refractivity (Wildman–Crippen MR) is 89.3 cm³/mol. The molecule has 0 aliphatic carbocycles. The van der Waals surface area contributed by atoms with Gasteiger partial charge in [0.15, 0.2) is 0 Å². The molecule has 2 heterocycles. The van der Waals surface area contributed by atoms with Crippen LogP contribution in [0, 0.1) is 0 Å². The highest BCUT2D eigenvalue weighted by Crippen LogP contribution is 2.27. The highest BCUT2D eigenvalue weighted by molar-refractivity contribution is 7.18. The summed E-state index contributed by atoms with van der Waals surface area (Å²) in [5.74, 6) is 0. The summed E-state index contributed by atoms with van der Waals surface area (Å²) in [5.41, 5.74) is 3.24. The minimum absolute atomic E-state index is 0.0517. The van der Waals surface area contributed by atoms with Gasteiger partial charge < -0.3 is 5.32 Å². The van der Waals surface area contributed by atoms with Crippen LogP contribution in [0.2, 0.25) is 0 Å². The molecule has 0 bridgehead atoms. The van der Waals surface area contributed by atoms with Crippen LogP contribution in [0.15, 0.2) is 48.5 Å². The molecule has 4 rings (SSSR count). The quantitative estimate of drug-likeness (QED) is 0.786. The maximum atomic E-state index is 12.4. The predicted octanol–water partition coefficient (Wildman–Crippen LogP) is 3.57. The van der Waals surface area contributed by atoms with Crippen LogP contribution in [0.3, 0.4) is 0 Å². The van der Waals surface area contributed by atoms with Crippen molar-refractivity contribution in [1.29, 1.82) is 0 Å². The zero-order valence-electron chi connectivity index (χ0n) is 12.0. The summed E-state index contributed by atoms with van der Waals surface area (Å²) in [5, 5.41) is 3.91. The molecule has 1 aliphatic rings. The van der Waals surface area contributed by atoms with E-state index in [-0.39, 0.29) is 6.03 Å². The van der Waals surface area contributed by atoms with Crippen molar-refractivity contribution in [1.82, 2.24) is 10.3 Å². The first-order valence-electron chi connectivity index (χ1n) is 7.29. The Morgan fingerprint density at radius 3 is 2.91 bits per heavy atom. The molecule has 0 saturated heterocycles. The minimum Gasteiger partial charge on any atom is -0.331 e. The lowest BCUT2D eigenvalue weighted by molar-refractivity contribution is 0.246. The Balaban J connectivity index is 1.47. The van der Waals surface area contributed by atoms with Crippen LogP contribution in [-0.4, -0.2) is 17.6 Å². The van der Waals surface area contributed by atoms with E-state index in [1.807, 2.05) is 41.3 Å². The first kappa shape index (κ1) is 13.3. The molecule has 0 saturated carbocycles. The van der Waals surface area contributed by atoms with Gasteiger partial charge >= 0.3 is 6.03 Å². The molecule has 0 unspecified atom stereocenters. The molecule has 0 fully saturated rings. The van der Waals surface area contributed by atoms with Gasteiger partial charge in [-0.1, -0.05) is 30.3 Å². The van der Waals surface area contributed by atoms with Crippen molar-refractivity contribution in [3.05, 3.63) is 59.1 Å². The number of aromatic nitrogens is 1. The number of thiazole rings is 1. The molecule has 2 aromatic carbocycles. The monoisotopic (exact) mass is 309 g/mol. The van der Waals surface area contributed by atoms with Crippen LogP contribution in [-0.2, 0) is 13.0 Å². The van der Waals surface area contributed by atoms with E-state index in [1.165, 1.54) is 5.56 Å². The van der Waals surface area contributed by atoms with Gasteiger partial charge in [0.1, 0.15) is 5.01 Å². The number of fused-ring (bicyclic) bond motifs is 2. The standard InChI is InChI=1S/C17H15N3OS/c21-17(20-10-9-12-5-1-3-7-14(12)20)18-11-16-19-13-6-2-4-8-15(13)22-16/h1-8H,9-11H2,(H,18,21). The van der Waals surface area contributed by atoms with E-state index < -0.39 is 0 Å². The van der Waals surface area contributed by atoms with Gasteiger partial charge in [0, 0.05) is 12.2 Å². The number of nitrogens with one attached hydrogen (secondary N) is 1. The number of rotatable bonds is 2. The van der Waals surface area contributed by atoms with E-state index >= 15 is 0 Å². The summed E-state index contributed by atoms with van der Waals surface area (Å²) in [6.07, 6.45) is 0.921. The van der Waals surface area contributed by atoms with Gasteiger partial charge in [-0.15, -0.1) is 11.3 Å². The van der Waals surface area contributed by atoms with E-state index in [2.05, 4.69) is 22.4 Å². The fraction of sp³-hybridized carbons (Fsp3) is 0.176. The molecule has 0 radical (unpaired) electrons. The Bertz CT molecular complexity index is 810. The Morgan fingerprint density at radius 1 is 1.18 bits per heavy atom. The molecular formula is C17H15N3OS. The van der Waals surface area contributed by atoms with Crippen molar-refractivity contribution >= 4 is 33.3 Å². The summed E-state index contributed by atoms with van der Waals surface area (Å²) in [7, 11) is 0. The molecule has 0 spiro atoms. The zero-order valence-corrected chi connectivity index (χ0v) is 12.8. The van der Waals surface area contributed by atoms with Crippen LogP contribution in [0.5, 0.6) is 0 Å². The first-order chi connectivity index (χ1) is 10.8. The lowest BCUT2D eigenvalue weighted by atomic mass is 10.2. The van der Waals surface area contributed by atoms with Gasteiger partial charge in [0.05, 0.1) is 16.8 Å². The second-order valence-corrected chi connectivity index (χ2v) is 6.38. The van der Waals surface area contributed by atoms with Crippen molar-refractivity contribution in [2.24, 2.45) is 0 Å². The van der Waals surface area contributed by atoms with Crippen LogP contribution >= 0.6 is 11.3 Å². The smallest absolute Gasteiger partial charge is 0.322 e. The van der Waals surface area contributed by atoms with E-state index in [9.17, 15) is 4.79 Å². The van der Waals surface area contributed by atoms with Gasteiger partial charge in [-0.3, -0.25) is 4.90 Å². The number of para-hydroxylation sites is 2. The Kier molecular flexibility index (Phi) is 3.27. The summed E-state index contributed by atoms with van der Waals surface area (Å²) in [6.45, 7) is 1.21. The number of benzene rings is 2. The third-order valence-electron chi connectivity index (χ3n) is 3.86. The number of anilines is 1. The average molecular weight is 309 g/mol. The highest BCUT2D eigenvalue weighted by Gasteiger charge is 2.23. The van der Waals surface area contributed by atoms with Crippen LogP contribution in [0.1, 0.15) is 10.6 Å². The van der Waals surface area contributed by atoms with Crippen molar-refractivity contribution in [2.45, 2.75) is 13.0 Å². The molecule has 1 N–H and O–H groups in total. The Labute approximate surface area is 132 Å². The largest absolute Gasteiger partial charge is 0.331 e. The summed E-state index contributed by atoms with van der Waals surface area (Å²) >= 11 is 1.62. The average Bonchev–Trinajstić information content (AvgIpc) is 3.16. The second-order valence-electron chi connectivity index (χ2n) is 5.26. The number of hydrogen-bond acceptors (Lipinski definition) is 3. The molecule has 1 aromatic heterocycles. The molecule has 22 heavy (non-hydrogen) atoms. The number of nitrogens with zero attached hydrogens (tertiary/aromatic N) is 2. The molecule has 1 aliphatic heterocycles. The van der Waals surface area contributed by atoms with Gasteiger partial charge in [-0.05, 0) is 30.2 Å². The van der Waals surface area contributed by atoms with Gasteiger partial charge in [0.25, 0.3) is 0 Å². The molecule has 4 nitrogen and oxygen atoms in total. The fourth-order valence-corrected chi connectivity index (χ4v) is 3.70. The lowest BCUT2D eigenvalue weighted by Gasteiger charge is -2.17. The molecule has 3 aromatic rings. The van der Waals surface area contributed by atoms with E-state index in [4.69, 9.17) is 0 Å². The minimum atomic E-state index is -0.0517. The number of amides is 2. The molecule has 2 amide bonds. The number of urea groups is 1. The summed E-state index contributed by atoms with van der Waals surface area (Å²) in [4.78, 5) is 18.7. The number of carbonyl (C=O) groups excluding carboxylic acids is 1. The number of carbonyl (C=O) groups is 1. The van der Waals surface area contributed by atoms with Crippen LogP contribution < -0.4 is 10.2 Å². The van der Waals surface area contributed by atoms with Crippen molar-refractivity contribution in [3.63, 3.8) is 0 Å². The topological polar surface area (TPSA) is 45.2 Å². The highest BCUT2D eigenvalue weighted by atomic mass is 32.1. The van der Waals surface area contributed by atoms with Crippen molar-refractivity contribution in [3.8, 4) is 0 Å². The number of hydrogen-bond donors (Lipinski definition) is 1. The normalized spacial score (nSPS) is 13.4. The first-order valence-corrected chi connectivity index (χ1v) is 8.10. The van der Waals surface area contributed by atoms with Crippen molar-refractivity contribution < 1.29 is 4.79 Å². The second kappa shape index (κ2) is 5.42. The maximum Gasteiger partial charge on any atom is 0.322 e. The Hall–Kier alpha value is -2.40. The summed E-state index contributed by atoms with van der Waals surface area (Å²) in [6, 6.07) is 16.0. The third kappa shape index (κ3) is 2.33. The van der Waals surface area contributed by atoms with E-state index in [0.29, 0.717) is 6.54 Å². The molecule has 110 valence electrons. The summed E-state index contributed by atoms with van der Waals surface area (Å²) < 4.78 is 1.15. The van der Waals surface area contributed by atoms with Gasteiger partial charge in [0.2, 0.25) is 0 Å². The Morgan fingerprint density at radius 2 is 2.00 bits per heavy atom. The van der Waals surface area contributed by atoms with E-state index in [1.54, 1.807) is 11.3 Å². The maximum absolute atomic E-state index is 12.4. The van der Waals surface area contributed by atoms with Crippen molar-refractivity contribution in [2.75, 3.05) is 11.4 Å².